The van der Waals surface area contributed by atoms with Gasteiger partial charge >= 0.3 is 17.5 Å². The number of amides is 3. The predicted octanol–water partition coefficient (Wildman–Crippen LogP) is 3.83. The zero-order valence-corrected chi connectivity index (χ0v) is 20.3. The van der Waals surface area contributed by atoms with Crippen molar-refractivity contribution in [1.82, 2.24) is 9.88 Å². The molecule has 0 bridgehead atoms. The number of pyridine rings is 1. The third kappa shape index (κ3) is 4.43. The van der Waals surface area contributed by atoms with Gasteiger partial charge in [0.15, 0.2) is 0 Å². The average Bonchev–Trinajstić information content (AvgIpc) is 3.54. The number of sulfone groups is 1. The minimum Gasteiger partial charge on any atom is -0.455 e. The number of halogens is 3. The second-order valence-corrected chi connectivity index (χ2v) is 11.5. The largest absolute Gasteiger partial charge is 0.501 e. The second kappa shape index (κ2) is 8.29. The normalized spacial score (nSPS) is 17.6. The Hall–Kier alpha value is -3.48. The van der Waals surface area contributed by atoms with E-state index in [1.54, 1.807) is 26.8 Å². The molecular formula is C23H22F3N3O6S. The molecule has 0 N–H and O–H groups in total. The lowest BCUT2D eigenvalue weighted by molar-refractivity contribution is -0.120. The van der Waals surface area contributed by atoms with Crippen LogP contribution in [0.4, 0.5) is 23.7 Å². The molecule has 0 unspecified atom stereocenters. The first-order valence-corrected chi connectivity index (χ1v) is 12.3. The molecule has 13 heteroatoms. The van der Waals surface area contributed by atoms with E-state index in [9.17, 15) is 36.0 Å². The van der Waals surface area contributed by atoms with Gasteiger partial charge in [-0.1, -0.05) is 0 Å². The van der Waals surface area contributed by atoms with Gasteiger partial charge < -0.3 is 9.64 Å². The number of ether oxygens (including phenoxy) is 1. The zero-order chi connectivity index (χ0) is 26.7. The van der Waals surface area contributed by atoms with E-state index in [0.717, 1.165) is 17.0 Å². The van der Waals surface area contributed by atoms with E-state index in [1.807, 2.05) is 0 Å². The topological polar surface area (TPSA) is 114 Å². The Kier molecular flexibility index (Phi) is 5.90. The lowest BCUT2D eigenvalue weighted by atomic mass is 10.1. The van der Waals surface area contributed by atoms with E-state index < -0.39 is 49.3 Å². The number of urea groups is 1. The molecule has 9 nitrogen and oxygen atoms in total. The van der Waals surface area contributed by atoms with Crippen LogP contribution < -0.4 is 4.90 Å². The predicted molar refractivity (Wildman–Crippen MR) is 119 cm³/mol. The number of alkyl halides is 3. The quantitative estimate of drug-likeness (QED) is 0.431. The molecule has 1 saturated carbocycles. The summed E-state index contributed by atoms with van der Waals surface area (Å²) < 4.78 is 67.0. The van der Waals surface area contributed by atoms with Crippen LogP contribution in [0.3, 0.4) is 0 Å². The molecular weight excluding hydrogens is 503 g/mol. The molecule has 2 heterocycles. The summed E-state index contributed by atoms with van der Waals surface area (Å²) in [7, 11) is -5.57. The Labute approximate surface area is 204 Å². The van der Waals surface area contributed by atoms with Crippen molar-refractivity contribution in [3.8, 4) is 0 Å². The van der Waals surface area contributed by atoms with Crippen molar-refractivity contribution in [3.05, 3.63) is 53.9 Å². The Morgan fingerprint density at radius 1 is 1.08 bits per heavy atom. The van der Waals surface area contributed by atoms with Gasteiger partial charge in [0.25, 0.3) is 15.7 Å². The lowest BCUT2D eigenvalue weighted by Crippen LogP contribution is -2.36. The van der Waals surface area contributed by atoms with Crippen molar-refractivity contribution in [2.75, 3.05) is 4.90 Å². The Bertz CT molecular complexity index is 1350. The van der Waals surface area contributed by atoms with E-state index in [1.165, 1.54) is 17.2 Å². The van der Waals surface area contributed by atoms with Crippen molar-refractivity contribution in [2.24, 2.45) is 0 Å². The Balaban J connectivity index is 1.59. The van der Waals surface area contributed by atoms with Crippen molar-refractivity contribution < 1.29 is 40.7 Å². The summed E-state index contributed by atoms with van der Waals surface area (Å²) in [4.78, 5) is 43.9. The van der Waals surface area contributed by atoms with Gasteiger partial charge in [0.2, 0.25) is 0 Å². The highest BCUT2D eigenvalue weighted by atomic mass is 32.2. The molecule has 1 aromatic carbocycles. The Morgan fingerprint density at radius 3 is 2.22 bits per heavy atom. The molecule has 3 amide bonds. The highest BCUT2D eigenvalue weighted by Gasteiger charge is 2.65. The molecule has 2 aromatic rings. The maximum absolute atomic E-state index is 13.2. The molecule has 1 aliphatic carbocycles. The van der Waals surface area contributed by atoms with Crippen LogP contribution in [0.15, 0.2) is 47.5 Å². The number of carbonyl (C=O) groups is 3. The number of esters is 1. The zero-order valence-electron chi connectivity index (χ0n) is 19.5. The third-order valence-electron chi connectivity index (χ3n) is 5.75. The van der Waals surface area contributed by atoms with Crippen molar-refractivity contribution in [3.63, 3.8) is 0 Å². The highest BCUT2D eigenvalue weighted by molar-refractivity contribution is 7.92. The van der Waals surface area contributed by atoms with Crippen LogP contribution in [0, 0.1) is 0 Å². The molecule has 192 valence electrons. The summed E-state index contributed by atoms with van der Waals surface area (Å²) in [5.41, 5.74) is -6.83. The number of rotatable bonds is 5. The third-order valence-corrected chi connectivity index (χ3v) is 7.25. The number of aromatic nitrogens is 1. The molecule has 1 saturated heterocycles. The van der Waals surface area contributed by atoms with E-state index in [0.29, 0.717) is 30.5 Å². The fourth-order valence-corrected chi connectivity index (χ4v) is 4.63. The molecule has 1 aromatic heterocycles. The van der Waals surface area contributed by atoms with Crippen LogP contribution in [0.25, 0.3) is 0 Å². The average molecular weight is 526 g/mol. The van der Waals surface area contributed by atoms with Crippen LogP contribution in [-0.2, 0) is 25.9 Å². The van der Waals surface area contributed by atoms with Crippen LogP contribution in [0.1, 0.15) is 49.7 Å². The summed E-state index contributed by atoms with van der Waals surface area (Å²) in [6.07, 6.45) is 2.16. The van der Waals surface area contributed by atoms with E-state index in [2.05, 4.69) is 4.98 Å². The number of hydrogen-bond acceptors (Lipinski definition) is 7. The van der Waals surface area contributed by atoms with E-state index in [-0.39, 0.29) is 17.9 Å². The van der Waals surface area contributed by atoms with Gasteiger partial charge in [-0.05, 0) is 75.6 Å². The molecule has 1 aliphatic heterocycles. The SMILES string of the molecule is CC(C)(C)OC(=O)c1cc(CN2C(=O)N(c3ccc(S(=O)(=O)C(F)(F)F)cc3)C(=O)C23CC3)ccn1. The minimum atomic E-state index is -5.57. The maximum atomic E-state index is 13.2. The van der Waals surface area contributed by atoms with Gasteiger partial charge in [-0.15, -0.1) is 0 Å². The van der Waals surface area contributed by atoms with E-state index in [4.69, 9.17) is 4.74 Å². The number of anilines is 1. The molecule has 0 radical (unpaired) electrons. The van der Waals surface area contributed by atoms with Crippen LogP contribution in [-0.4, -0.2) is 52.9 Å². The first-order chi connectivity index (χ1) is 16.6. The van der Waals surface area contributed by atoms with E-state index >= 15 is 0 Å². The van der Waals surface area contributed by atoms with Crippen molar-refractivity contribution in [2.45, 2.75) is 61.7 Å². The minimum absolute atomic E-state index is 0.0278. The van der Waals surface area contributed by atoms with Crippen LogP contribution in [0.2, 0.25) is 0 Å². The maximum Gasteiger partial charge on any atom is 0.501 e. The van der Waals surface area contributed by atoms with Gasteiger partial charge in [-0.25, -0.2) is 27.9 Å². The monoisotopic (exact) mass is 525 g/mol. The van der Waals surface area contributed by atoms with Crippen LogP contribution in [0.5, 0.6) is 0 Å². The summed E-state index contributed by atoms with van der Waals surface area (Å²) in [6, 6.07) is 5.72. The number of nitrogens with zero attached hydrogens (tertiary/aromatic N) is 3. The molecule has 0 atom stereocenters. The van der Waals surface area contributed by atoms with Crippen molar-refractivity contribution >= 4 is 33.4 Å². The standard InChI is InChI=1S/C23H22F3N3O6S/c1-21(2,3)35-18(30)17-12-14(8-11-27-17)13-28-20(32)29(19(31)22(28)9-10-22)15-4-6-16(7-5-15)36(33,34)23(24,25)26/h4-8,11-12H,9-10,13H2,1-3H3. The number of hydrogen-bond donors (Lipinski definition) is 0. The Morgan fingerprint density at radius 2 is 1.69 bits per heavy atom. The second-order valence-electron chi connectivity index (χ2n) is 9.54. The molecule has 2 aliphatic rings. The molecule has 2 fully saturated rings. The molecule has 4 rings (SSSR count). The fraction of sp³-hybridized carbons (Fsp3) is 0.391. The number of imide groups is 1. The van der Waals surface area contributed by atoms with Crippen molar-refractivity contribution in [1.29, 1.82) is 0 Å². The smallest absolute Gasteiger partial charge is 0.455 e. The highest BCUT2D eigenvalue weighted by Crippen LogP contribution is 2.49. The van der Waals surface area contributed by atoms with Gasteiger partial charge in [-0.3, -0.25) is 4.79 Å². The number of carbonyl (C=O) groups excluding carboxylic acids is 3. The summed E-state index contributed by atoms with van der Waals surface area (Å²) >= 11 is 0. The summed E-state index contributed by atoms with van der Waals surface area (Å²) in [5, 5.41) is 0. The molecule has 36 heavy (non-hydrogen) atoms. The van der Waals surface area contributed by atoms with Gasteiger partial charge in [-0.2, -0.15) is 13.2 Å². The first kappa shape index (κ1) is 25.6. The van der Waals surface area contributed by atoms with Gasteiger partial charge in [0, 0.05) is 12.7 Å². The first-order valence-electron chi connectivity index (χ1n) is 10.8. The lowest BCUT2D eigenvalue weighted by Gasteiger charge is -2.22. The summed E-state index contributed by atoms with van der Waals surface area (Å²) in [6.45, 7) is 5.10. The molecule has 1 spiro atoms. The number of benzene rings is 1. The van der Waals surface area contributed by atoms with Crippen LogP contribution >= 0.6 is 0 Å². The van der Waals surface area contributed by atoms with Gasteiger partial charge in [0.1, 0.15) is 16.8 Å². The summed E-state index contributed by atoms with van der Waals surface area (Å²) in [5.74, 6) is -1.20. The van der Waals surface area contributed by atoms with Gasteiger partial charge in [0.05, 0.1) is 10.6 Å². The fourth-order valence-electron chi connectivity index (χ4n) is 3.87.